The molecule has 27 heavy (non-hydrogen) atoms. The minimum atomic E-state index is -0.166. The van der Waals surface area contributed by atoms with Crippen molar-refractivity contribution in [3.8, 4) is 0 Å². The maximum absolute atomic E-state index is 12.8. The third kappa shape index (κ3) is 3.74. The number of para-hydroxylation sites is 2. The first-order valence-corrected chi connectivity index (χ1v) is 9.53. The summed E-state index contributed by atoms with van der Waals surface area (Å²) in [6, 6.07) is 15.0. The lowest BCUT2D eigenvalue weighted by Gasteiger charge is -2.30. The van der Waals surface area contributed by atoms with Gasteiger partial charge in [-0.2, -0.15) is 0 Å². The van der Waals surface area contributed by atoms with Crippen molar-refractivity contribution in [3.05, 3.63) is 54.1 Å². The molecule has 2 aliphatic rings. The molecule has 4 rings (SSSR count). The molecular formula is C21H24N4O2. The first kappa shape index (κ1) is 17.4. The lowest BCUT2D eigenvalue weighted by Crippen LogP contribution is -2.30. The van der Waals surface area contributed by atoms with Gasteiger partial charge in [-0.1, -0.05) is 18.2 Å². The second kappa shape index (κ2) is 7.70. The number of amides is 3. The van der Waals surface area contributed by atoms with Crippen LogP contribution < -0.4 is 20.4 Å². The fourth-order valence-corrected chi connectivity index (χ4v) is 3.72. The highest BCUT2D eigenvalue weighted by molar-refractivity contribution is 6.07. The SMILES string of the molecule is O=C(Nc1ccccc1N1CCCCC1)c1cccc(N2CCNC2=O)c1. The number of carbonyl (C=O) groups excluding carboxylic acids is 2. The Morgan fingerprint density at radius 1 is 0.963 bits per heavy atom. The molecule has 2 aliphatic heterocycles. The van der Waals surface area contributed by atoms with Crippen molar-refractivity contribution in [1.29, 1.82) is 0 Å². The molecule has 3 amide bonds. The standard InChI is InChI=1S/C21H24N4O2/c26-20(16-7-6-8-17(15-16)25-14-11-22-21(25)27)23-18-9-2-3-10-19(18)24-12-4-1-5-13-24/h2-3,6-10,15H,1,4-5,11-14H2,(H,22,27)(H,23,26). The van der Waals surface area contributed by atoms with Crippen LogP contribution in [0.3, 0.4) is 0 Å². The molecule has 2 N–H and O–H groups in total. The Morgan fingerprint density at radius 3 is 2.56 bits per heavy atom. The van der Waals surface area contributed by atoms with Crippen LogP contribution >= 0.6 is 0 Å². The minimum Gasteiger partial charge on any atom is -0.370 e. The van der Waals surface area contributed by atoms with Gasteiger partial charge in [-0.05, 0) is 49.6 Å². The topological polar surface area (TPSA) is 64.7 Å². The molecule has 0 spiro atoms. The van der Waals surface area contributed by atoms with E-state index in [2.05, 4.69) is 21.6 Å². The Balaban J connectivity index is 1.54. The van der Waals surface area contributed by atoms with Gasteiger partial charge in [0.25, 0.3) is 5.91 Å². The molecule has 0 unspecified atom stereocenters. The molecule has 2 saturated heterocycles. The van der Waals surface area contributed by atoms with Gasteiger partial charge in [0, 0.05) is 37.4 Å². The molecular weight excluding hydrogens is 340 g/mol. The predicted molar refractivity (Wildman–Crippen MR) is 108 cm³/mol. The van der Waals surface area contributed by atoms with Crippen LogP contribution in [0.2, 0.25) is 0 Å². The maximum Gasteiger partial charge on any atom is 0.321 e. The van der Waals surface area contributed by atoms with Crippen LogP contribution in [-0.2, 0) is 0 Å². The molecule has 6 nitrogen and oxygen atoms in total. The summed E-state index contributed by atoms with van der Waals surface area (Å²) in [5.74, 6) is -0.166. The molecule has 2 aromatic rings. The van der Waals surface area contributed by atoms with Crippen molar-refractivity contribution in [2.45, 2.75) is 19.3 Å². The van der Waals surface area contributed by atoms with E-state index in [4.69, 9.17) is 0 Å². The highest BCUT2D eigenvalue weighted by Crippen LogP contribution is 2.29. The maximum atomic E-state index is 12.8. The van der Waals surface area contributed by atoms with Gasteiger partial charge in [-0.15, -0.1) is 0 Å². The zero-order valence-corrected chi connectivity index (χ0v) is 15.3. The van der Waals surface area contributed by atoms with Crippen LogP contribution in [0.25, 0.3) is 0 Å². The number of carbonyl (C=O) groups is 2. The van der Waals surface area contributed by atoms with Gasteiger partial charge in [0.1, 0.15) is 0 Å². The zero-order chi connectivity index (χ0) is 18.6. The molecule has 0 radical (unpaired) electrons. The Morgan fingerprint density at radius 2 is 1.78 bits per heavy atom. The van der Waals surface area contributed by atoms with Gasteiger partial charge in [0.15, 0.2) is 0 Å². The lowest BCUT2D eigenvalue weighted by molar-refractivity contribution is 0.102. The van der Waals surface area contributed by atoms with Crippen LogP contribution in [0.4, 0.5) is 21.9 Å². The van der Waals surface area contributed by atoms with E-state index in [1.165, 1.54) is 19.3 Å². The van der Waals surface area contributed by atoms with Crippen molar-refractivity contribution in [1.82, 2.24) is 5.32 Å². The van der Waals surface area contributed by atoms with Crippen LogP contribution in [0, 0.1) is 0 Å². The summed E-state index contributed by atoms with van der Waals surface area (Å²) in [6.07, 6.45) is 3.63. The van der Waals surface area contributed by atoms with E-state index in [1.54, 1.807) is 17.0 Å². The number of urea groups is 1. The Labute approximate surface area is 159 Å². The largest absolute Gasteiger partial charge is 0.370 e. The predicted octanol–water partition coefficient (Wildman–Crippen LogP) is 3.46. The van der Waals surface area contributed by atoms with E-state index in [-0.39, 0.29) is 11.9 Å². The van der Waals surface area contributed by atoms with E-state index in [0.29, 0.717) is 18.7 Å². The number of nitrogens with zero attached hydrogens (tertiary/aromatic N) is 2. The van der Waals surface area contributed by atoms with Crippen LogP contribution in [0.5, 0.6) is 0 Å². The van der Waals surface area contributed by atoms with Gasteiger partial charge in [0.2, 0.25) is 0 Å². The first-order valence-electron chi connectivity index (χ1n) is 9.53. The number of piperidine rings is 1. The molecule has 6 heteroatoms. The number of hydrogen-bond acceptors (Lipinski definition) is 3. The Hall–Kier alpha value is -3.02. The number of nitrogens with one attached hydrogen (secondary N) is 2. The first-order chi connectivity index (χ1) is 13.2. The van der Waals surface area contributed by atoms with Crippen LogP contribution in [-0.4, -0.2) is 38.1 Å². The van der Waals surface area contributed by atoms with Crippen molar-refractivity contribution in [2.24, 2.45) is 0 Å². The average Bonchev–Trinajstić information content (AvgIpc) is 3.15. The molecule has 0 aromatic heterocycles. The van der Waals surface area contributed by atoms with E-state index >= 15 is 0 Å². The molecule has 2 heterocycles. The summed E-state index contributed by atoms with van der Waals surface area (Å²) in [6.45, 7) is 3.28. The zero-order valence-electron chi connectivity index (χ0n) is 15.3. The third-order valence-electron chi connectivity index (χ3n) is 5.13. The fourth-order valence-electron chi connectivity index (χ4n) is 3.72. The highest BCUT2D eigenvalue weighted by atomic mass is 16.2. The van der Waals surface area contributed by atoms with E-state index < -0.39 is 0 Å². The van der Waals surface area contributed by atoms with Gasteiger partial charge in [0.05, 0.1) is 11.4 Å². The second-order valence-corrected chi connectivity index (χ2v) is 6.95. The summed E-state index contributed by atoms with van der Waals surface area (Å²) >= 11 is 0. The summed E-state index contributed by atoms with van der Waals surface area (Å²) < 4.78 is 0. The van der Waals surface area contributed by atoms with Gasteiger partial charge >= 0.3 is 6.03 Å². The molecule has 140 valence electrons. The van der Waals surface area contributed by atoms with Gasteiger partial charge in [-0.25, -0.2) is 4.79 Å². The van der Waals surface area contributed by atoms with E-state index in [1.807, 2.05) is 30.3 Å². The third-order valence-corrected chi connectivity index (χ3v) is 5.13. The van der Waals surface area contributed by atoms with Gasteiger partial charge in [-0.3, -0.25) is 9.69 Å². The molecule has 2 fully saturated rings. The number of hydrogen-bond donors (Lipinski definition) is 2. The normalized spacial score (nSPS) is 17.0. The van der Waals surface area contributed by atoms with E-state index in [9.17, 15) is 9.59 Å². The Bertz CT molecular complexity index is 846. The van der Waals surface area contributed by atoms with Crippen molar-refractivity contribution in [3.63, 3.8) is 0 Å². The minimum absolute atomic E-state index is 0.122. The second-order valence-electron chi connectivity index (χ2n) is 6.95. The monoisotopic (exact) mass is 364 g/mol. The van der Waals surface area contributed by atoms with Crippen molar-refractivity contribution in [2.75, 3.05) is 41.3 Å². The molecule has 0 bridgehead atoms. The molecule has 0 aliphatic carbocycles. The summed E-state index contributed by atoms with van der Waals surface area (Å²) in [7, 11) is 0. The van der Waals surface area contributed by atoms with E-state index in [0.717, 1.165) is 30.2 Å². The van der Waals surface area contributed by atoms with Crippen LogP contribution in [0.15, 0.2) is 48.5 Å². The fraction of sp³-hybridized carbons (Fsp3) is 0.333. The highest BCUT2D eigenvalue weighted by Gasteiger charge is 2.22. The Kier molecular flexibility index (Phi) is 4.96. The van der Waals surface area contributed by atoms with Crippen molar-refractivity contribution < 1.29 is 9.59 Å². The number of rotatable bonds is 4. The summed E-state index contributed by atoms with van der Waals surface area (Å²) in [5, 5.41) is 5.83. The summed E-state index contributed by atoms with van der Waals surface area (Å²) in [4.78, 5) is 28.7. The molecule has 2 aromatic carbocycles. The molecule has 0 saturated carbocycles. The smallest absolute Gasteiger partial charge is 0.321 e. The summed E-state index contributed by atoms with van der Waals surface area (Å²) in [5.41, 5.74) is 3.18. The number of benzene rings is 2. The van der Waals surface area contributed by atoms with Crippen LogP contribution in [0.1, 0.15) is 29.6 Å². The molecule has 0 atom stereocenters. The number of anilines is 3. The van der Waals surface area contributed by atoms with Gasteiger partial charge < -0.3 is 15.5 Å². The lowest BCUT2D eigenvalue weighted by atomic mass is 10.1. The average molecular weight is 364 g/mol. The quantitative estimate of drug-likeness (QED) is 0.873. The van der Waals surface area contributed by atoms with Crippen molar-refractivity contribution >= 4 is 29.0 Å².